The molecular weight excluding hydrogens is 168 g/mol. The Morgan fingerprint density at radius 1 is 1.45 bits per heavy atom. The van der Waals surface area contributed by atoms with Crippen LogP contribution in [0.3, 0.4) is 0 Å². The Labute approximate surface area is 65.1 Å². The quantitative estimate of drug-likeness (QED) is 0.601. The van der Waals surface area contributed by atoms with Gasteiger partial charge in [0, 0.05) is 0 Å². The highest BCUT2D eigenvalue weighted by atomic mass is 32.2. The number of aliphatic carboxylic acids is 1. The van der Waals surface area contributed by atoms with E-state index in [4.69, 9.17) is 5.11 Å². The van der Waals surface area contributed by atoms with Crippen molar-refractivity contribution in [1.29, 1.82) is 0 Å². The Balaban J connectivity index is 2.83. The molecule has 1 fully saturated rings. The molecule has 0 aliphatic carbocycles. The van der Waals surface area contributed by atoms with E-state index in [9.17, 15) is 13.2 Å². The van der Waals surface area contributed by atoms with Crippen molar-refractivity contribution in [2.45, 2.75) is 6.92 Å². The molecule has 1 heterocycles. The molecule has 0 aromatic carbocycles. The minimum Gasteiger partial charge on any atom is -0.481 e. The second kappa shape index (κ2) is 2.48. The van der Waals surface area contributed by atoms with Crippen LogP contribution in [0.1, 0.15) is 6.92 Å². The fraction of sp³-hybridized carbons (Fsp3) is 0.833. The molecule has 0 aromatic rings. The van der Waals surface area contributed by atoms with Crippen LogP contribution in [0.4, 0.5) is 0 Å². The number of sulfone groups is 1. The maximum absolute atomic E-state index is 10.9. The first-order chi connectivity index (χ1) is 4.92. The van der Waals surface area contributed by atoms with Gasteiger partial charge in [-0.25, -0.2) is 8.42 Å². The van der Waals surface area contributed by atoms with E-state index in [1.165, 1.54) is 0 Å². The number of carboxylic acid groups (broad SMARTS) is 1. The highest BCUT2D eigenvalue weighted by Crippen LogP contribution is 2.24. The monoisotopic (exact) mass is 178 g/mol. The second-order valence-electron chi connectivity index (χ2n) is 3.00. The molecule has 2 atom stereocenters. The summed E-state index contributed by atoms with van der Waals surface area (Å²) in [6.45, 7) is 1.66. The molecule has 0 saturated carbocycles. The zero-order valence-electron chi connectivity index (χ0n) is 6.15. The van der Waals surface area contributed by atoms with Crippen LogP contribution in [0.2, 0.25) is 0 Å². The van der Waals surface area contributed by atoms with Crippen LogP contribution < -0.4 is 0 Å². The van der Waals surface area contributed by atoms with Crippen LogP contribution >= 0.6 is 0 Å². The van der Waals surface area contributed by atoms with Crippen LogP contribution in [0, 0.1) is 11.8 Å². The van der Waals surface area contributed by atoms with Crippen molar-refractivity contribution in [3.8, 4) is 0 Å². The summed E-state index contributed by atoms with van der Waals surface area (Å²) in [7, 11) is -3.07. The SMILES string of the molecule is CC1CS(=O)(=O)CC1C(=O)O. The predicted octanol–water partition coefficient (Wildman–Crippen LogP) is -0.248. The Kier molecular flexibility index (Phi) is 1.92. The summed E-state index contributed by atoms with van der Waals surface area (Å²) < 4.78 is 21.8. The average molecular weight is 178 g/mol. The van der Waals surface area contributed by atoms with E-state index in [1.807, 2.05) is 0 Å². The van der Waals surface area contributed by atoms with Crippen molar-refractivity contribution in [3.63, 3.8) is 0 Å². The molecule has 1 saturated heterocycles. The summed E-state index contributed by atoms with van der Waals surface area (Å²) in [5.41, 5.74) is 0. The van der Waals surface area contributed by atoms with Crippen molar-refractivity contribution in [2.24, 2.45) is 11.8 Å². The van der Waals surface area contributed by atoms with E-state index in [-0.39, 0.29) is 17.4 Å². The second-order valence-corrected chi connectivity index (χ2v) is 5.15. The van der Waals surface area contributed by atoms with Crippen molar-refractivity contribution < 1.29 is 18.3 Å². The Bertz CT molecular complexity index is 266. The molecule has 0 radical (unpaired) electrons. The van der Waals surface area contributed by atoms with E-state index in [0.717, 1.165) is 0 Å². The molecule has 11 heavy (non-hydrogen) atoms. The molecule has 5 heteroatoms. The molecule has 1 N–H and O–H groups in total. The Hall–Kier alpha value is -0.580. The van der Waals surface area contributed by atoms with E-state index >= 15 is 0 Å². The molecule has 0 spiro atoms. The van der Waals surface area contributed by atoms with Gasteiger partial charge in [-0.1, -0.05) is 6.92 Å². The minimum atomic E-state index is -3.07. The molecule has 0 bridgehead atoms. The summed E-state index contributed by atoms with van der Waals surface area (Å²) >= 11 is 0. The zero-order chi connectivity index (χ0) is 8.65. The van der Waals surface area contributed by atoms with Crippen molar-refractivity contribution >= 4 is 15.8 Å². The van der Waals surface area contributed by atoms with Crippen molar-refractivity contribution in [1.82, 2.24) is 0 Å². The van der Waals surface area contributed by atoms with Gasteiger partial charge in [-0.05, 0) is 5.92 Å². The normalized spacial score (nSPS) is 35.4. The van der Waals surface area contributed by atoms with Gasteiger partial charge in [0.2, 0.25) is 0 Å². The lowest BCUT2D eigenvalue weighted by molar-refractivity contribution is -0.142. The third-order valence-electron chi connectivity index (χ3n) is 1.95. The first-order valence-corrected chi connectivity index (χ1v) is 5.18. The van der Waals surface area contributed by atoms with E-state index in [2.05, 4.69) is 0 Å². The minimum absolute atomic E-state index is 0.0178. The van der Waals surface area contributed by atoms with Gasteiger partial charge in [-0.15, -0.1) is 0 Å². The predicted molar refractivity (Wildman–Crippen MR) is 38.9 cm³/mol. The number of rotatable bonds is 1. The van der Waals surface area contributed by atoms with Crippen molar-refractivity contribution in [3.05, 3.63) is 0 Å². The smallest absolute Gasteiger partial charge is 0.307 e. The molecule has 64 valence electrons. The third-order valence-corrected chi connectivity index (χ3v) is 3.86. The molecule has 0 amide bonds. The largest absolute Gasteiger partial charge is 0.481 e. The highest BCUT2D eigenvalue weighted by Gasteiger charge is 2.39. The standard InChI is InChI=1S/C6H10O4S/c1-4-2-11(9,10)3-5(4)6(7)8/h4-5H,2-3H2,1H3,(H,7,8). The molecule has 1 aliphatic rings. The summed E-state index contributed by atoms with van der Waals surface area (Å²) in [6, 6.07) is 0. The fourth-order valence-corrected chi connectivity index (χ4v) is 3.53. The lowest BCUT2D eigenvalue weighted by atomic mass is 9.99. The van der Waals surface area contributed by atoms with Crippen LogP contribution in [0.25, 0.3) is 0 Å². The molecule has 0 aromatic heterocycles. The first-order valence-electron chi connectivity index (χ1n) is 3.35. The first kappa shape index (κ1) is 8.52. The zero-order valence-corrected chi connectivity index (χ0v) is 6.97. The topological polar surface area (TPSA) is 71.4 Å². The summed E-state index contributed by atoms with van der Waals surface area (Å²) in [5.74, 6) is -2.11. The molecule has 4 nitrogen and oxygen atoms in total. The van der Waals surface area contributed by atoms with Crippen LogP contribution in [0.5, 0.6) is 0 Å². The third kappa shape index (κ3) is 1.71. The van der Waals surface area contributed by atoms with Gasteiger partial charge >= 0.3 is 5.97 Å². The number of carboxylic acids is 1. The van der Waals surface area contributed by atoms with Gasteiger partial charge in [-0.3, -0.25) is 4.79 Å². The van der Waals surface area contributed by atoms with Gasteiger partial charge in [0.15, 0.2) is 9.84 Å². The highest BCUT2D eigenvalue weighted by molar-refractivity contribution is 7.91. The Morgan fingerprint density at radius 3 is 2.18 bits per heavy atom. The summed E-state index contributed by atoms with van der Waals surface area (Å²) in [4.78, 5) is 10.4. The summed E-state index contributed by atoms with van der Waals surface area (Å²) in [5, 5.41) is 8.55. The fourth-order valence-electron chi connectivity index (χ4n) is 1.34. The summed E-state index contributed by atoms with van der Waals surface area (Å²) in [6.07, 6.45) is 0. The van der Waals surface area contributed by atoms with Gasteiger partial charge < -0.3 is 5.11 Å². The van der Waals surface area contributed by atoms with E-state index < -0.39 is 21.7 Å². The van der Waals surface area contributed by atoms with E-state index in [0.29, 0.717) is 0 Å². The number of hydrogen-bond donors (Lipinski definition) is 1. The van der Waals surface area contributed by atoms with Gasteiger partial charge in [-0.2, -0.15) is 0 Å². The maximum atomic E-state index is 10.9. The molecular formula is C6H10O4S. The van der Waals surface area contributed by atoms with Gasteiger partial charge in [0.25, 0.3) is 0 Å². The van der Waals surface area contributed by atoms with Gasteiger partial charge in [0.1, 0.15) is 0 Å². The van der Waals surface area contributed by atoms with Gasteiger partial charge in [0.05, 0.1) is 17.4 Å². The average Bonchev–Trinajstić information content (AvgIpc) is 2.05. The lowest BCUT2D eigenvalue weighted by Gasteiger charge is -2.05. The molecule has 1 aliphatic heterocycles. The Morgan fingerprint density at radius 2 is 2.00 bits per heavy atom. The number of carbonyl (C=O) groups is 1. The van der Waals surface area contributed by atoms with Crippen LogP contribution in [0.15, 0.2) is 0 Å². The number of hydrogen-bond acceptors (Lipinski definition) is 3. The molecule has 1 rings (SSSR count). The van der Waals surface area contributed by atoms with E-state index in [1.54, 1.807) is 6.92 Å². The maximum Gasteiger partial charge on any atom is 0.307 e. The van der Waals surface area contributed by atoms with Crippen LogP contribution in [-0.4, -0.2) is 31.0 Å². The molecule has 2 unspecified atom stereocenters. The lowest BCUT2D eigenvalue weighted by Crippen LogP contribution is -2.19. The van der Waals surface area contributed by atoms with Crippen LogP contribution in [-0.2, 0) is 14.6 Å². The van der Waals surface area contributed by atoms with Crippen molar-refractivity contribution in [2.75, 3.05) is 11.5 Å².